The van der Waals surface area contributed by atoms with Crippen molar-refractivity contribution in [3.05, 3.63) is 0 Å². The molecule has 0 aromatic carbocycles. The number of hydrogen-bond acceptors (Lipinski definition) is 2. The van der Waals surface area contributed by atoms with Crippen molar-refractivity contribution < 1.29 is 26.3 Å². The van der Waals surface area contributed by atoms with Crippen molar-refractivity contribution in [3.8, 4) is 0 Å². The number of rotatable bonds is 3. The Morgan fingerprint density at radius 1 is 1.33 bits per heavy atom. The van der Waals surface area contributed by atoms with Gasteiger partial charge < -0.3 is 0 Å². The van der Waals surface area contributed by atoms with Crippen LogP contribution in [0.2, 0.25) is 4.43 Å². The molecule has 0 rings (SSSR count). The molecule has 0 saturated heterocycles. The number of ketones is 2. The summed E-state index contributed by atoms with van der Waals surface area (Å²) in [4.78, 5) is 21.1. The second-order valence-corrected chi connectivity index (χ2v) is 4.73. The second kappa shape index (κ2) is 4.15. The van der Waals surface area contributed by atoms with E-state index in [9.17, 15) is 9.59 Å². The molecule has 2 nitrogen and oxygen atoms in total. The van der Waals surface area contributed by atoms with E-state index in [2.05, 4.69) is 0 Å². The summed E-state index contributed by atoms with van der Waals surface area (Å²) in [6.45, 7) is 2.80. The van der Waals surface area contributed by atoms with Crippen LogP contribution in [0.4, 0.5) is 0 Å². The number of Topliss-reactive ketones (excluding diaryl/α,β-unsaturated/α-hetero) is 2. The molecule has 4 heteroatoms. The van der Waals surface area contributed by atoms with Crippen LogP contribution in [0, 0.1) is 0 Å². The molecule has 9 heavy (non-hydrogen) atoms. The van der Waals surface area contributed by atoms with E-state index in [-0.39, 0.29) is 11.6 Å². The summed E-state index contributed by atoms with van der Waals surface area (Å²) >= 11 is -0.884. The average molecular weight is 327 g/mol. The van der Waals surface area contributed by atoms with Gasteiger partial charge in [0.25, 0.3) is 0 Å². The van der Waals surface area contributed by atoms with Gasteiger partial charge in [-0.25, -0.2) is 0 Å². The number of carbonyl (C=O) groups is 2. The maximum atomic E-state index is 10.5. The Morgan fingerprint density at radius 2 is 1.67 bits per heavy atom. The summed E-state index contributed by atoms with van der Waals surface area (Å²) in [5, 5.41) is 0. The van der Waals surface area contributed by atoms with Crippen molar-refractivity contribution in [2.45, 2.75) is 18.3 Å². The van der Waals surface area contributed by atoms with Gasteiger partial charge in [0.1, 0.15) is 0 Å². The van der Waals surface area contributed by atoms with Crippen molar-refractivity contribution in [2.75, 3.05) is 0 Å². The van der Waals surface area contributed by atoms with E-state index < -0.39 is 21.1 Å². The van der Waals surface area contributed by atoms with Crippen molar-refractivity contribution in [1.29, 1.82) is 0 Å². The first-order valence-electron chi connectivity index (χ1n) is 2.30. The Bertz CT molecular complexity index is 121. The molecular formula is C5H7ClIrO2. The zero-order chi connectivity index (χ0) is 7.44. The van der Waals surface area contributed by atoms with Crippen LogP contribution < -0.4 is 0 Å². The van der Waals surface area contributed by atoms with Gasteiger partial charge in [0.15, 0.2) is 0 Å². The second-order valence-electron chi connectivity index (χ2n) is 1.63. The van der Waals surface area contributed by atoms with E-state index in [0.29, 0.717) is 0 Å². The van der Waals surface area contributed by atoms with Crippen molar-refractivity contribution in [3.63, 3.8) is 0 Å². The molecule has 0 heterocycles. The Hall–Kier alpha value is 0.279. The molecule has 0 aliphatic heterocycles. The van der Waals surface area contributed by atoms with E-state index in [1.807, 2.05) is 0 Å². The molecule has 0 aromatic rings. The first-order valence-corrected chi connectivity index (χ1v) is 6.65. The van der Waals surface area contributed by atoms with Gasteiger partial charge >= 0.3 is 65.7 Å². The molecule has 0 fully saturated rings. The molecule has 0 aliphatic rings. The van der Waals surface area contributed by atoms with Gasteiger partial charge in [0, 0.05) is 0 Å². The van der Waals surface area contributed by atoms with E-state index in [1.54, 1.807) is 0 Å². The van der Waals surface area contributed by atoms with Crippen molar-refractivity contribution >= 4 is 21.2 Å². The average Bonchev–Trinajstić information content (AvgIpc) is 1.64. The molecule has 0 amide bonds. The molecule has 0 saturated carbocycles. The van der Waals surface area contributed by atoms with E-state index in [1.165, 1.54) is 13.8 Å². The summed E-state index contributed by atoms with van der Waals surface area (Å²) in [6, 6.07) is 0. The van der Waals surface area contributed by atoms with Crippen molar-refractivity contribution in [1.82, 2.24) is 0 Å². The molecule has 0 bridgehead atoms. The zero-order valence-electron chi connectivity index (χ0n) is 5.11. The van der Waals surface area contributed by atoms with Gasteiger partial charge in [-0.3, -0.25) is 0 Å². The fourth-order valence-corrected chi connectivity index (χ4v) is 2.80. The number of hydrogen-bond donors (Lipinski definition) is 0. The Kier molecular flexibility index (Phi) is 4.28. The Morgan fingerprint density at radius 3 is 1.67 bits per heavy atom. The van der Waals surface area contributed by atoms with Gasteiger partial charge in [-0.05, 0) is 0 Å². The number of carbonyl (C=O) groups excluding carboxylic acids is 2. The molecular weight excluding hydrogens is 320 g/mol. The number of halogens is 1. The summed E-state index contributed by atoms with van der Waals surface area (Å²) in [7, 11) is 5.44. The quantitative estimate of drug-likeness (QED) is 0.730. The third kappa shape index (κ3) is 3.09. The van der Waals surface area contributed by atoms with Crippen LogP contribution in [-0.4, -0.2) is 11.6 Å². The maximum absolute atomic E-state index is 10.5. The van der Waals surface area contributed by atoms with Gasteiger partial charge in [-0.2, -0.15) is 0 Å². The fraction of sp³-hybridized carbons (Fsp3) is 0.600. The van der Waals surface area contributed by atoms with Crippen LogP contribution in [0.1, 0.15) is 13.8 Å². The van der Waals surface area contributed by atoms with Crippen LogP contribution in [0.25, 0.3) is 0 Å². The van der Waals surface area contributed by atoms with E-state index >= 15 is 0 Å². The summed E-state index contributed by atoms with van der Waals surface area (Å²) in [5.74, 6) is -0.199. The Balaban J connectivity index is 3.99. The first kappa shape index (κ1) is 9.28. The molecule has 55 valence electrons. The predicted molar refractivity (Wildman–Crippen MR) is 31.0 cm³/mol. The SMILES string of the molecule is CC(=O)[CH]([Ir][Cl])C(C)=O. The van der Waals surface area contributed by atoms with Crippen LogP contribution >= 0.6 is 9.58 Å². The van der Waals surface area contributed by atoms with Crippen LogP contribution in [-0.2, 0) is 26.3 Å². The van der Waals surface area contributed by atoms with Crippen molar-refractivity contribution in [2.24, 2.45) is 0 Å². The van der Waals surface area contributed by atoms with Crippen LogP contribution in [0.5, 0.6) is 0 Å². The summed E-state index contributed by atoms with van der Waals surface area (Å²) in [6.07, 6.45) is 0. The van der Waals surface area contributed by atoms with Gasteiger partial charge in [0.2, 0.25) is 0 Å². The zero-order valence-corrected chi connectivity index (χ0v) is 8.26. The van der Waals surface area contributed by atoms with E-state index in [4.69, 9.17) is 9.58 Å². The molecule has 0 radical (unpaired) electrons. The summed E-state index contributed by atoms with van der Waals surface area (Å²) < 4.78 is -0.466. The standard InChI is InChI=1S/C5H7O2.ClH.Ir/c1-4(6)3-5(2)7;;/h3H,1-2H3;1H;/q;;+1/p-1. The third-order valence-electron chi connectivity index (χ3n) is 0.750. The first-order chi connectivity index (χ1) is 4.09. The topological polar surface area (TPSA) is 34.1 Å². The monoisotopic (exact) mass is 327 g/mol. The van der Waals surface area contributed by atoms with Gasteiger partial charge in [-0.15, -0.1) is 0 Å². The Labute approximate surface area is 65.9 Å². The molecule has 0 N–H and O–H groups in total. The van der Waals surface area contributed by atoms with Crippen LogP contribution in [0.3, 0.4) is 0 Å². The third-order valence-corrected chi connectivity index (χ3v) is 4.41. The fourth-order valence-electron chi connectivity index (χ4n) is 0.389. The molecule has 0 spiro atoms. The van der Waals surface area contributed by atoms with E-state index in [0.717, 1.165) is 0 Å². The predicted octanol–water partition coefficient (Wildman–Crippen LogP) is 1.19. The molecule has 0 unspecified atom stereocenters. The van der Waals surface area contributed by atoms with Gasteiger partial charge in [-0.1, -0.05) is 0 Å². The molecule has 0 aromatic heterocycles. The molecule has 0 aliphatic carbocycles. The minimum atomic E-state index is -0.884. The molecule has 0 atom stereocenters. The minimum absolute atomic E-state index is 0.0995. The summed E-state index contributed by atoms with van der Waals surface area (Å²) in [5.41, 5.74) is 0. The van der Waals surface area contributed by atoms with Crippen LogP contribution in [0.15, 0.2) is 0 Å². The van der Waals surface area contributed by atoms with Gasteiger partial charge in [0.05, 0.1) is 0 Å². The normalized spacial score (nSPS) is 10.2.